The molecule has 0 aromatic heterocycles. The van der Waals surface area contributed by atoms with Gasteiger partial charge in [0, 0.05) is 17.5 Å². The van der Waals surface area contributed by atoms with E-state index in [2.05, 4.69) is 38.2 Å². The summed E-state index contributed by atoms with van der Waals surface area (Å²) >= 11 is 12.4. The van der Waals surface area contributed by atoms with Gasteiger partial charge in [-0.25, -0.2) is 0 Å². The van der Waals surface area contributed by atoms with Crippen LogP contribution in [0.3, 0.4) is 0 Å². The van der Waals surface area contributed by atoms with Gasteiger partial charge in [-0.1, -0.05) is 55.0 Å². The van der Waals surface area contributed by atoms with E-state index >= 15 is 0 Å². The van der Waals surface area contributed by atoms with Crippen molar-refractivity contribution in [2.24, 2.45) is 0 Å². The van der Waals surface area contributed by atoms with Crippen LogP contribution in [-0.4, -0.2) is 12.1 Å². The molecular weight excluding hydrogens is 301 g/mol. The van der Waals surface area contributed by atoms with Gasteiger partial charge in [-0.3, -0.25) is 0 Å². The second-order valence-electron chi connectivity index (χ2n) is 7.43. The molecule has 2 rings (SSSR count). The van der Waals surface area contributed by atoms with Gasteiger partial charge in [0.1, 0.15) is 0 Å². The summed E-state index contributed by atoms with van der Waals surface area (Å²) in [4.78, 5) is 0. The normalized spacial score (nSPS) is 19.3. The van der Waals surface area contributed by atoms with Crippen LogP contribution in [0, 0.1) is 0 Å². The molecule has 118 valence electrons. The van der Waals surface area contributed by atoms with Crippen molar-refractivity contribution >= 4 is 23.2 Å². The van der Waals surface area contributed by atoms with Crippen molar-refractivity contribution in [3.8, 4) is 0 Å². The molecule has 0 saturated heterocycles. The van der Waals surface area contributed by atoms with Gasteiger partial charge in [-0.05, 0) is 51.3 Å². The van der Waals surface area contributed by atoms with Crippen molar-refractivity contribution in [1.29, 1.82) is 0 Å². The highest BCUT2D eigenvalue weighted by atomic mass is 35.5. The lowest BCUT2D eigenvalue weighted by Gasteiger charge is -2.37. The fourth-order valence-corrected chi connectivity index (χ4v) is 3.53. The van der Waals surface area contributed by atoms with E-state index < -0.39 is 0 Å². The van der Waals surface area contributed by atoms with Crippen LogP contribution in [0.4, 0.5) is 0 Å². The summed E-state index contributed by atoms with van der Waals surface area (Å²) in [7, 11) is 0. The first-order chi connectivity index (χ1) is 9.82. The van der Waals surface area contributed by atoms with Gasteiger partial charge in [0.05, 0.1) is 10.0 Å². The van der Waals surface area contributed by atoms with E-state index in [0.29, 0.717) is 10.0 Å². The molecule has 0 aliphatic heterocycles. The van der Waals surface area contributed by atoms with Crippen molar-refractivity contribution in [2.45, 2.75) is 70.3 Å². The predicted molar refractivity (Wildman–Crippen MR) is 93.6 cm³/mol. The van der Waals surface area contributed by atoms with Gasteiger partial charge < -0.3 is 5.32 Å². The second kappa shape index (κ2) is 6.89. The Morgan fingerprint density at radius 3 is 2.14 bits per heavy atom. The van der Waals surface area contributed by atoms with Crippen molar-refractivity contribution in [2.75, 3.05) is 6.54 Å². The number of halogens is 2. The van der Waals surface area contributed by atoms with Crippen LogP contribution in [0.5, 0.6) is 0 Å². The number of hydrogen-bond acceptors (Lipinski definition) is 1. The molecule has 0 radical (unpaired) electrons. The minimum absolute atomic E-state index is 0.134. The molecule has 1 aliphatic rings. The number of hydrogen-bond donors (Lipinski definition) is 1. The maximum Gasteiger partial charge on any atom is 0.0595 e. The van der Waals surface area contributed by atoms with E-state index in [9.17, 15) is 0 Å². The van der Waals surface area contributed by atoms with Crippen LogP contribution in [0.15, 0.2) is 18.2 Å². The van der Waals surface area contributed by atoms with E-state index in [4.69, 9.17) is 23.2 Å². The number of benzene rings is 1. The summed E-state index contributed by atoms with van der Waals surface area (Å²) in [6.07, 6.45) is 7.75. The van der Waals surface area contributed by atoms with E-state index in [-0.39, 0.29) is 11.0 Å². The van der Waals surface area contributed by atoms with Crippen LogP contribution in [0.1, 0.15) is 64.9 Å². The third-order valence-corrected chi connectivity index (χ3v) is 5.29. The molecule has 1 aromatic carbocycles. The Bertz CT molecular complexity index is 469. The molecule has 0 heterocycles. The number of nitrogens with one attached hydrogen (secondary N) is 1. The molecule has 1 aliphatic carbocycles. The molecule has 1 nitrogen and oxygen atoms in total. The van der Waals surface area contributed by atoms with Gasteiger partial charge >= 0.3 is 0 Å². The number of rotatable bonds is 3. The Hall–Kier alpha value is -0.240. The Labute approximate surface area is 139 Å². The Morgan fingerprint density at radius 1 is 1.00 bits per heavy atom. The van der Waals surface area contributed by atoms with E-state index in [0.717, 1.165) is 6.54 Å². The zero-order chi connectivity index (χ0) is 15.5. The van der Waals surface area contributed by atoms with Crippen LogP contribution in [0.2, 0.25) is 10.0 Å². The smallest absolute Gasteiger partial charge is 0.0595 e. The molecule has 1 saturated carbocycles. The van der Waals surface area contributed by atoms with E-state index in [1.807, 2.05) is 6.07 Å². The third kappa shape index (κ3) is 4.61. The summed E-state index contributed by atoms with van der Waals surface area (Å²) in [5, 5.41) is 5.04. The lowest BCUT2D eigenvalue weighted by molar-refractivity contribution is 0.300. The molecule has 1 N–H and O–H groups in total. The maximum absolute atomic E-state index is 6.27. The third-order valence-electron chi connectivity index (χ3n) is 4.55. The molecule has 0 bridgehead atoms. The largest absolute Gasteiger partial charge is 0.311 e. The minimum atomic E-state index is 0.134. The first-order valence-electron chi connectivity index (χ1n) is 8.03. The monoisotopic (exact) mass is 327 g/mol. The SMILES string of the molecule is CC(C)(C)NCC1(c2ccc(Cl)c(Cl)c2)CCCCCC1. The molecule has 21 heavy (non-hydrogen) atoms. The summed E-state index contributed by atoms with van der Waals surface area (Å²) in [5.41, 5.74) is 1.67. The van der Waals surface area contributed by atoms with Crippen LogP contribution in [-0.2, 0) is 5.41 Å². The average molecular weight is 328 g/mol. The highest BCUT2D eigenvalue weighted by Gasteiger charge is 2.34. The van der Waals surface area contributed by atoms with Gasteiger partial charge in [0.25, 0.3) is 0 Å². The van der Waals surface area contributed by atoms with Crippen molar-refractivity contribution < 1.29 is 0 Å². The fourth-order valence-electron chi connectivity index (χ4n) is 3.23. The van der Waals surface area contributed by atoms with Gasteiger partial charge in [0.2, 0.25) is 0 Å². The maximum atomic E-state index is 6.27. The molecule has 1 aromatic rings. The summed E-state index contributed by atoms with van der Waals surface area (Å²) < 4.78 is 0. The lowest BCUT2D eigenvalue weighted by Crippen LogP contribution is -2.46. The van der Waals surface area contributed by atoms with Crippen molar-refractivity contribution in [3.63, 3.8) is 0 Å². The molecule has 0 atom stereocenters. The average Bonchev–Trinajstić information content (AvgIpc) is 2.65. The zero-order valence-electron chi connectivity index (χ0n) is 13.4. The molecule has 0 amide bonds. The predicted octanol–water partition coefficient (Wildman–Crippen LogP) is 5.97. The first kappa shape index (κ1) is 17.1. The fraction of sp³-hybridized carbons (Fsp3) is 0.667. The molecule has 3 heteroatoms. The molecule has 1 fully saturated rings. The molecule has 0 spiro atoms. The van der Waals surface area contributed by atoms with E-state index in [1.54, 1.807) is 0 Å². The lowest BCUT2D eigenvalue weighted by atomic mass is 9.74. The van der Waals surface area contributed by atoms with Crippen LogP contribution in [0.25, 0.3) is 0 Å². The van der Waals surface area contributed by atoms with Gasteiger partial charge in [0.15, 0.2) is 0 Å². The topological polar surface area (TPSA) is 12.0 Å². The molecule has 0 unspecified atom stereocenters. The van der Waals surface area contributed by atoms with Gasteiger partial charge in [-0.2, -0.15) is 0 Å². The summed E-state index contributed by atoms with van der Waals surface area (Å²) in [6, 6.07) is 6.20. The standard InChI is InChI=1S/C18H27Cl2N/c1-17(2,3)21-13-18(10-6-4-5-7-11-18)14-8-9-15(19)16(20)12-14/h8-9,12,21H,4-7,10-11,13H2,1-3H3. The highest BCUT2D eigenvalue weighted by molar-refractivity contribution is 6.42. The first-order valence-corrected chi connectivity index (χ1v) is 8.79. The Balaban J connectivity index is 2.31. The zero-order valence-corrected chi connectivity index (χ0v) is 14.9. The van der Waals surface area contributed by atoms with Crippen LogP contribution >= 0.6 is 23.2 Å². The summed E-state index contributed by atoms with van der Waals surface area (Å²) in [5.74, 6) is 0. The minimum Gasteiger partial charge on any atom is -0.311 e. The van der Waals surface area contributed by atoms with Crippen molar-refractivity contribution in [1.82, 2.24) is 5.32 Å². The molecular formula is C18H27Cl2N. The van der Waals surface area contributed by atoms with Crippen molar-refractivity contribution in [3.05, 3.63) is 33.8 Å². The second-order valence-corrected chi connectivity index (χ2v) is 8.24. The van der Waals surface area contributed by atoms with Crippen LogP contribution < -0.4 is 5.32 Å². The van der Waals surface area contributed by atoms with E-state index in [1.165, 1.54) is 44.1 Å². The Morgan fingerprint density at radius 2 is 1.62 bits per heavy atom. The Kier molecular flexibility index (Phi) is 5.62. The quantitative estimate of drug-likeness (QED) is 0.674. The highest BCUT2D eigenvalue weighted by Crippen LogP contribution is 2.40. The van der Waals surface area contributed by atoms with Gasteiger partial charge in [-0.15, -0.1) is 0 Å². The summed E-state index contributed by atoms with van der Waals surface area (Å²) in [6.45, 7) is 7.69.